The monoisotopic (exact) mass is 366 g/mol. The third-order valence-corrected chi connectivity index (χ3v) is 4.70. The van der Waals surface area contributed by atoms with Crippen LogP contribution >= 0.6 is 0 Å². The van der Waals surface area contributed by atoms with Gasteiger partial charge in [0.1, 0.15) is 0 Å². The van der Waals surface area contributed by atoms with Crippen LogP contribution in [0.15, 0.2) is 0 Å². The fraction of sp³-hybridized carbons (Fsp3) is 0.895. The van der Waals surface area contributed by atoms with Gasteiger partial charge in [0.25, 0.3) is 0 Å². The van der Waals surface area contributed by atoms with Gasteiger partial charge in [-0.2, -0.15) is 0 Å². The van der Waals surface area contributed by atoms with Crippen LogP contribution in [0.1, 0.15) is 104 Å². The first-order valence-electron chi connectivity index (χ1n) is 9.44. The fourth-order valence-electron chi connectivity index (χ4n) is 3.01. The van der Waals surface area contributed by atoms with E-state index in [1.165, 1.54) is 38.5 Å². The van der Waals surface area contributed by atoms with Gasteiger partial charge in [-0.1, -0.05) is 90.9 Å². The standard InChI is InChI=1S/C19H36O4.Ca/c1-3-5-7-8-9-10-11-12-13-14-16-19(17(20)21,18(22)23)15-6-4-2;/h3-16H2,1-2H3,(H,20,21)(H,22,23);/q;+2/p-2. The molecular weight excluding hydrogens is 332 g/mol. The quantitative estimate of drug-likeness (QED) is 0.239. The van der Waals surface area contributed by atoms with E-state index in [1.54, 1.807) is 0 Å². The second-order valence-electron chi connectivity index (χ2n) is 6.69. The molecule has 0 aliphatic rings. The van der Waals surface area contributed by atoms with E-state index in [2.05, 4.69) is 6.92 Å². The van der Waals surface area contributed by atoms with E-state index in [1.807, 2.05) is 6.92 Å². The molecule has 0 aromatic rings. The summed E-state index contributed by atoms with van der Waals surface area (Å²) in [5, 5.41) is 22.7. The molecule has 4 nitrogen and oxygen atoms in total. The van der Waals surface area contributed by atoms with Crippen molar-refractivity contribution in [1.82, 2.24) is 0 Å². The van der Waals surface area contributed by atoms with Gasteiger partial charge in [0, 0.05) is 5.41 Å². The summed E-state index contributed by atoms with van der Waals surface area (Å²) in [6, 6.07) is 0. The summed E-state index contributed by atoms with van der Waals surface area (Å²) < 4.78 is 0. The fourth-order valence-corrected chi connectivity index (χ4v) is 3.01. The number of carbonyl (C=O) groups excluding carboxylic acids is 2. The number of carboxylic acid groups (broad SMARTS) is 2. The van der Waals surface area contributed by atoms with Crippen LogP contribution in [0, 0.1) is 5.41 Å². The number of unbranched alkanes of at least 4 members (excludes halogenated alkanes) is 10. The number of rotatable bonds is 16. The molecule has 0 unspecified atom stereocenters. The third-order valence-electron chi connectivity index (χ3n) is 4.70. The maximum atomic E-state index is 11.3. The Morgan fingerprint density at radius 2 is 0.958 bits per heavy atom. The van der Waals surface area contributed by atoms with E-state index in [4.69, 9.17) is 0 Å². The van der Waals surface area contributed by atoms with E-state index in [0.29, 0.717) is 12.8 Å². The Morgan fingerprint density at radius 1 is 0.625 bits per heavy atom. The zero-order valence-electron chi connectivity index (χ0n) is 15.7. The van der Waals surface area contributed by atoms with Crippen molar-refractivity contribution in [3.8, 4) is 0 Å². The molecule has 5 heteroatoms. The van der Waals surface area contributed by atoms with E-state index >= 15 is 0 Å². The van der Waals surface area contributed by atoms with Crippen LogP contribution in [0.3, 0.4) is 0 Å². The second-order valence-corrected chi connectivity index (χ2v) is 6.69. The van der Waals surface area contributed by atoms with Crippen LogP contribution in [-0.2, 0) is 9.59 Å². The summed E-state index contributed by atoms with van der Waals surface area (Å²) in [6.45, 7) is 4.12. The van der Waals surface area contributed by atoms with Crippen molar-refractivity contribution in [2.24, 2.45) is 5.41 Å². The van der Waals surface area contributed by atoms with Crippen molar-refractivity contribution >= 4 is 49.7 Å². The van der Waals surface area contributed by atoms with Gasteiger partial charge in [0.15, 0.2) is 0 Å². The van der Waals surface area contributed by atoms with Crippen molar-refractivity contribution < 1.29 is 19.8 Å². The number of aliphatic carboxylic acids is 2. The molecule has 0 radical (unpaired) electrons. The molecule has 0 aliphatic carbocycles. The van der Waals surface area contributed by atoms with Crippen LogP contribution in [0.4, 0.5) is 0 Å². The molecule has 0 fully saturated rings. The van der Waals surface area contributed by atoms with Crippen LogP contribution in [0.5, 0.6) is 0 Å². The summed E-state index contributed by atoms with van der Waals surface area (Å²) >= 11 is 0. The van der Waals surface area contributed by atoms with Crippen LogP contribution in [-0.4, -0.2) is 49.7 Å². The molecule has 24 heavy (non-hydrogen) atoms. The minimum Gasteiger partial charge on any atom is -0.549 e. The molecule has 0 atom stereocenters. The zero-order valence-corrected chi connectivity index (χ0v) is 17.9. The zero-order chi connectivity index (χ0) is 17.6. The Morgan fingerprint density at radius 3 is 1.33 bits per heavy atom. The molecule has 0 saturated heterocycles. The van der Waals surface area contributed by atoms with E-state index in [-0.39, 0.29) is 50.6 Å². The van der Waals surface area contributed by atoms with Gasteiger partial charge in [-0.25, -0.2) is 0 Å². The maximum absolute atomic E-state index is 11.3. The van der Waals surface area contributed by atoms with Crippen molar-refractivity contribution in [1.29, 1.82) is 0 Å². The maximum Gasteiger partial charge on any atom is 2.00 e. The van der Waals surface area contributed by atoms with Gasteiger partial charge in [0.2, 0.25) is 0 Å². The second kappa shape index (κ2) is 16.7. The summed E-state index contributed by atoms with van der Waals surface area (Å²) in [5.41, 5.74) is -1.80. The number of carboxylic acids is 2. The van der Waals surface area contributed by atoms with Gasteiger partial charge < -0.3 is 19.8 Å². The third kappa shape index (κ3) is 10.9. The molecule has 0 aliphatic heterocycles. The van der Waals surface area contributed by atoms with Crippen molar-refractivity contribution in [3.63, 3.8) is 0 Å². The normalized spacial score (nSPS) is 11.1. The summed E-state index contributed by atoms with van der Waals surface area (Å²) in [5.74, 6) is -2.97. The largest absolute Gasteiger partial charge is 2.00 e. The Kier molecular flexibility index (Phi) is 18.3. The predicted octanol–water partition coefficient (Wildman–Crippen LogP) is 2.59. The smallest absolute Gasteiger partial charge is 0.549 e. The van der Waals surface area contributed by atoms with E-state index in [0.717, 1.165) is 25.7 Å². The molecule has 0 rings (SSSR count). The SMILES string of the molecule is CCCCCCCCCCCCC(CCCC)(C(=O)[O-])C(=O)[O-].[Ca+2]. The van der Waals surface area contributed by atoms with Crippen LogP contribution < -0.4 is 10.2 Å². The first-order chi connectivity index (χ1) is 11.0. The minimum atomic E-state index is -1.80. The first kappa shape index (κ1) is 26.4. The minimum absolute atomic E-state index is 0. The van der Waals surface area contributed by atoms with Gasteiger partial charge in [-0.15, -0.1) is 0 Å². The predicted molar refractivity (Wildman–Crippen MR) is 94.2 cm³/mol. The average molecular weight is 367 g/mol. The number of hydrogen-bond donors (Lipinski definition) is 0. The topological polar surface area (TPSA) is 80.3 Å². The average Bonchev–Trinajstić information content (AvgIpc) is 2.51. The van der Waals surface area contributed by atoms with E-state index < -0.39 is 17.4 Å². The molecule has 0 amide bonds. The molecule has 0 heterocycles. The molecular formula is C19H34CaO4. The van der Waals surface area contributed by atoms with Crippen molar-refractivity contribution in [2.45, 2.75) is 104 Å². The molecule has 0 saturated carbocycles. The number of carbonyl (C=O) groups is 2. The summed E-state index contributed by atoms with van der Waals surface area (Å²) in [6.07, 6.45) is 12.9. The Balaban J connectivity index is 0. The van der Waals surface area contributed by atoms with Gasteiger partial charge in [0.05, 0.1) is 11.9 Å². The Hall–Kier alpha value is 0.200. The Labute approximate surface area is 177 Å². The number of hydrogen-bond acceptors (Lipinski definition) is 4. The molecule has 0 aromatic heterocycles. The molecule has 0 bridgehead atoms. The molecule has 0 spiro atoms. The first-order valence-corrected chi connectivity index (χ1v) is 9.44. The van der Waals surface area contributed by atoms with Crippen molar-refractivity contribution in [2.75, 3.05) is 0 Å². The molecule has 136 valence electrons. The summed E-state index contributed by atoms with van der Waals surface area (Å²) in [4.78, 5) is 22.7. The van der Waals surface area contributed by atoms with Crippen LogP contribution in [0.25, 0.3) is 0 Å². The Bertz CT molecular complexity index is 317. The van der Waals surface area contributed by atoms with Gasteiger partial charge in [-0.05, 0) is 12.8 Å². The van der Waals surface area contributed by atoms with Crippen molar-refractivity contribution in [3.05, 3.63) is 0 Å². The van der Waals surface area contributed by atoms with Gasteiger partial charge >= 0.3 is 37.7 Å². The molecule has 0 N–H and O–H groups in total. The molecule has 0 aromatic carbocycles. The van der Waals surface area contributed by atoms with Gasteiger partial charge in [-0.3, -0.25) is 0 Å². The van der Waals surface area contributed by atoms with E-state index in [9.17, 15) is 19.8 Å². The summed E-state index contributed by atoms with van der Waals surface area (Å²) in [7, 11) is 0. The van der Waals surface area contributed by atoms with Crippen LogP contribution in [0.2, 0.25) is 0 Å².